The number of carbonyl (C=O) groups excluding carboxylic acids is 1. The second-order valence-corrected chi connectivity index (χ2v) is 8.67. The fourth-order valence-corrected chi connectivity index (χ4v) is 4.73. The fourth-order valence-electron chi connectivity index (χ4n) is 4.16. The highest BCUT2D eigenvalue weighted by molar-refractivity contribution is 6.40. The summed E-state index contributed by atoms with van der Waals surface area (Å²) in [7, 11) is 0. The molecule has 0 fully saturated rings. The summed E-state index contributed by atoms with van der Waals surface area (Å²) in [5, 5.41) is 20.4. The molecule has 7 heteroatoms. The Kier molecular flexibility index (Phi) is 6.13. The van der Waals surface area contributed by atoms with Crippen LogP contribution in [0.2, 0.25) is 10.0 Å². The Hall–Kier alpha value is -3.02. The summed E-state index contributed by atoms with van der Waals surface area (Å²) in [5.74, 6) is -2.25. The average molecular weight is 470 g/mol. The van der Waals surface area contributed by atoms with Gasteiger partial charge in [-0.15, -0.1) is 0 Å². The van der Waals surface area contributed by atoms with E-state index < -0.39 is 11.8 Å². The Balaban J connectivity index is 1.77. The number of carbonyl (C=O) groups is 2. The highest BCUT2D eigenvalue weighted by Gasteiger charge is 2.29. The van der Waals surface area contributed by atoms with E-state index >= 15 is 0 Å². The molecule has 0 aromatic heterocycles. The molecule has 5 nitrogen and oxygen atoms in total. The molecule has 0 bridgehead atoms. The van der Waals surface area contributed by atoms with E-state index in [1.165, 1.54) is 6.07 Å². The van der Waals surface area contributed by atoms with Crippen LogP contribution in [0.5, 0.6) is 5.75 Å². The van der Waals surface area contributed by atoms with Crippen LogP contribution in [0.15, 0.2) is 48.5 Å². The number of aromatic carboxylic acids is 1. The van der Waals surface area contributed by atoms with Gasteiger partial charge < -0.3 is 15.1 Å². The van der Waals surface area contributed by atoms with Crippen LogP contribution in [0.3, 0.4) is 0 Å². The Morgan fingerprint density at radius 1 is 1.06 bits per heavy atom. The molecule has 32 heavy (non-hydrogen) atoms. The lowest BCUT2D eigenvalue weighted by atomic mass is 9.92. The number of benzene rings is 3. The summed E-state index contributed by atoms with van der Waals surface area (Å²) in [4.78, 5) is 27.4. The van der Waals surface area contributed by atoms with Crippen molar-refractivity contribution in [2.45, 2.75) is 26.3 Å². The first-order chi connectivity index (χ1) is 15.3. The zero-order valence-electron chi connectivity index (χ0n) is 17.4. The third-order valence-corrected chi connectivity index (χ3v) is 6.50. The van der Waals surface area contributed by atoms with Gasteiger partial charge in [0.1, 0.15) is 5.75 Å². The molecule has 0 aliphatic carbocycles. The van der Waals surface area contributed by atoms with Crippen LogP contribution < -0.4 is 4.90 Å². The van der Waals surface area contributed by atoms with Crippen LogP contribution in [0.25, 0.3) is 0 Å². The first-order valence-electron chi connectivity index (χ1n) is 10.2. The molecule has 0 atom stereocenters. The fraction of sp³-hybridized carbons (Fsp3) is 0.200. The van der Waals surface area contributed by atoms with Gasteiger partial charge in [0.25, 0.3) is 0 Å². The number of hydrogen-bond donors (Lipinski definition) is 2. The zero-order valence-corrected chi connectivity index (χ0v) is 18.9. The lowest BCUT2D eigenvalue weighted by molar-refractivity contribution is 0.0692. The van der Waals surface area contributed by atoms with Crippen LogP contribution in [-0.2, 0) is 13.0 Å². The number of carboxylic acid groups (broad SMARTS) is 1. The largest absolute Gasteiger partial charge is 0.507 e. The van der Waals surface area contributed by atoms with Gasteiger partial charge in [0.2, 0.25) is 0 Å². The van der Waals surface area contributed by atoms with E-state index in [9.17, 15) is 19.8 Å². The molecule has 3 aromatic rings. The van der Waals surface area contributed by atoms with Crippen LogP contribution in [0.4, 0.5) is 5.69 Å². The minimum Gasteiger partial charge on any atom is -0.507 e. The average Bonchev–Trinajstić information content (AvgIpc) is 2.76. The number of rotatable bonds is 5. The Bertz CT molecular complexity index is 1220. The normalized spacial score (nSPS) is 13.0. The van der Waals surface area contributed by atoms with Crippen molar-refractivity contribution in [1.29, 1.82) is 0 Å². The second-order valence-electron chi connectivity index (χ2n) is 7.88. The third-order valence-electron chi connectivity index (χ3n) is 5.71. The summed E-state index contributed by atoms with van der Waals surface area (Å²) in [6, 6.07) is 14.7. The Morgan fingerprint density at radius 3 is 2.47 bits per heavy atom. The molecule has 0 amide bonds. The van der Waals surface area contributed by atoms with Crippen molar-refractivity contribution in [2.75, 3.05) is 11.4 Å². The first-order valence-corrected chi connectivity index (χ1v) is 10.9. The monoisotopic (exact) mass is 469 g/mol. The van der Waals surface area contributed by atoms with E-state index in [0.717, 1.165) is 36.2 Å². The van der Waals surface area contributed by atoms with Crippen LogP contribution in [0, 0.1) is 6.92 Å². The number of phenolic OH excluding ortho intramolecular Hbond substituents is 1. The van der Waals surface area contributed by atoms with Crippen molar-refractivity contribution in [3.05, 3.63) is 92.0 Å². The van der Waals surface area contributed by atoms with E-state index in [0.29, 0.717) is 12.1 Å². The van der Waals surface area contributed by atoms with Gasteiger partial charge in [0.15, 0.2) is 5.78 Å². The summed E-state index contributed by atoms with van der Waals surface area (Å²) in [6.07, 6.45) is 1.64. The minimum atomic E-state index is -1.35. The number of aromatic hydroxyl groups is 1. The molecule has 2 N–H and O–H groups in total. The molecule has 4 rings (SSSR count). The molecule has 0 spiro atoms. The topological polar surface area (TPSA) is 77.8 Å². The zero-order chi connectivity index (χ0) is 23.0. The smallest absolute Gasteiger partial charge is 0.338 e. The van der Waals surface area contributed by atoms with E-state index in [-0.39, 0.29) is 32.5 Å². The number of anilines is 1. The van der Waals surface area contributed by atoms with E-state index in [1.807, 2.05) is 30.3 Å². The Labute approximate surface area is 195 Å². The molecule has 3 aromatic carbocycles. The van der Waals surface area contributed by atoms with Crippen molar-refractivity contribution in [3.63, 3.8) is 0 Å². The van der Waals surface area contributed by atoms with Crippen LogP contribution >= 0.6 is 23.2 Å². The number of hydrogen-bond acceptors (Lipinski definition) is 4. The van der Waals surface area contributed by atoms with Crippen molar-refractivity contribution in [1.82, 2.24) is 0 Å². The van der Waals surface area contributed by atoms with Crippen molar-refractivity contribution < 1.29 is 19.8 Å². The predicted octanol–water partition coefficient (Wildman–Crippen LogP) is 5.89. The van der Waals surface area contributed by atoms with Gasteiger partial charge >= 0.3 is 5.97 Å². The van der Waals surface area contributed by atoms with Crippen molar-refractivity contribution in [3.8, 4) is 5.75 Å². The predicted molar refractivity (Wildman–Crippen MR) is 126 cm³/mol. The van der Waals surface area contributed by atoms with Gasteiger partial charge in [-0.1, -0.05) is 53.5 Å². The van der Waals surface area contributed by atoms with Gasteiger partial charge in [-0.05, 0) is 48.6 Å². The lowest BCUT2D eigenvalue weighted by Crippen LogP contribution is -2.29. The van der Waals surface area contributed by atoms with Crippen molar-refractivity contribution >= 4 is 40.6 Å². The lowest BCUT2D eigenvalue weighted by Gasteiger charge is -2.32. The quantitative estimate of drug-likeness (QED) is 0.455. The second kappa shape index (κ2) is 8.85. The van der Waals surface area contributed by atoms with Crippen molar-refractivity contribution in [2.24, 2.45) is 0 Å². The SMILES string of the molecule is Cc1cc(Cl)c(C(=O)c2cc3c(cc2O)N(Cc2ccccc2)CCC3)c(C(=O)O)c1Cl. The number of carboxylic acids is 1. The molecule has 0 saturated carbocycles. The van der Waals surface area contributed by atoms with Gasteiger partial charge in [-0.3, -0.25) is 4.79 Å². The van der Waals surface area contributed by atoms with Gasteiger partial charge in [-0.25, -0.2) is 4.79 Å². The summed E-state index contributed by atoms with van der Waals surface area (Å²) in [5.41, 5.74) is 2.81. The number of nitrogens with zero attached hydrogens (tertiary/aromatic N) is 1. The van der Waals surface area contributed by atoms with Crippen LogP contribution in [-0.4, -0.2) is 28.5 Å². The van der Waals surface area contributed by atoms with Crippen LogP contribution in [0.1, 0.15) is 49.4 Å². The van der Waals surface area contributed by atoms with E-state index in [4.69, 9.17) is 23.2 Å². The minimum absolute atomic E-state index is 0.00892. The first kappa shape index (κ1) is 22.2. The summed E-state index contributed by atoms with van der Waals surface area (Å²) in [6.45, 7) is 3.13. The number of phenols is 1. The van der Waals surface area contributed by atoms with Gasteiger partial charge in [0.05, 0.1) is 26.7 Å². The summed E-state index contributed by atoms with van der Waals surface area (Å²) >= 11 is 12.5. The van der Waals surface area contributed by atoms with E-state index in [2.05, 4.69) is 4.90 Å². The Morgan fingerprint density at radius 2 is 1.78 bits per heavy atom. The molecular weight excluding hydrogens is 449 g/mol. The third kappa shape index (κ3) is 4.06. The standard InChI is InChI=1S/C25H21Cl2NO4/c1-14-10-18(26)21(22(23(14)27)25(31)32)24(30)17-11-16-8-5-9-28(19(16)12-20(17)29)13-15-6-3-2-4-7-15/h2-4,6-7,10-12,29H,5,8-9,13H2,1H3,(H,31,32). The molecule has 164 valence electrons. The highest BCUT2D eigenvalue weighted by atomic mass is 35.5. The van der Waals surface area contributed by atoms with Gasteiger partial charge in [0, 0.05) is 24.8 Å². The molecule has 1 aliphatic heterocycles. The number of halogens is 2. The maximum atomic E-state index is 13.4. The molecular formula is C25H21Cl2NO4. The molecule has 0 saturated heterocycles. The molecule has 1 aliphatic rings. The van der Waals surface area contributed by atoms with E-state index in [1.54, 1.807) is 19.1 Å². The molecule has 1 heterocycles. The summed E-state index contributed by atoms with van der Waals surface area (Å²) < 4.78 is 0. The maximum Gasteiger partial charge on any atom is 0.338 e. The number of fused-ring (bicyclic) bond motifs is 1. The maximum absolute atomic E-state index is 13.4. The van der Waals surface area contributed by atoms with Gasteiger partial charge in [-0.2, -0.15) is 0 Å². The number of ketones is 1. The molecule has 0 radical (unpaired) electrons. The molecule has 0 unspecified atom stereocenters. The number of aryl methyl sites for hydroxylation is 2. The highest BCUT2D eigenvalue weighted by Crippen LogP contribution is 2.38.